The molecule has 9 heteroatoms. The van der Waals surface area contributed by atoms with Gasteiger partial charge in [-0.2, -0.15) is 4.31 Å². The van der Waals surface area contributed by atoms with Crippen molar-refractivity contribution in [2.24, 2.45) is 0 Å². The molecule has 29 heavy (non-hydrogen) atoms. The first kappa shape index (κ1) is 23.3. The van der Waals surface area contributed by atoms with E-state index in [9.17, 15) is 18.0 Å². The average molecular weight is 426 g/mol. The molecule has 0 saturated carbocycles. The van der Waals surface area contributed by atoms with E-state index in [-0.39, 0.29) is 19.0 Å². The molecule has 0 spiro atoms. The smallest absolute Gasteiger partial charge is 0.325 e. The standard InChI is InChI=1S/C20H31N3O5S/c1-13-14(2)16(4)20(17(5)15(13)3)29(26,27)23-9-7-22(8-10-23)12-18(24)21-11-19(25)28-6/h7-12H2,1-6H3,(H,21,24). The lowest BCUT2D eigenvalue weighted by atomic mass is 9.95. The summed E-state index contributed by atoms with van der Waals surface area (Å²) in [4.78, 5) is 25.3. The maximum Gasteiger partial charge on any atom is 0.325 e. The van der Waals surface area contributed by atoms with Crippen LogP contribution >= 0.6 is 0 Å². The van der Waals surface area contributed by atoms with Gasteiger partial charge in [0.05, 0.1) is 18.6 Å². The normalized spacial score (nSPS) is 15.9. The first-order valence-corrected chi connectivity index (χ1v) is 11.1. The third kappa shape index (κ3) is 4.96. The minimum Gasteiger partial charge on any atom is -0.468 e. The molecule has 2 rings (SSSR count). The maximum absolute atomic E-state index is 13.4. The highest BCUT2D eigenvalue weighted by molar-refractivity contribution is 7.89. The molecule has 1 aliphatic heterocycles. The second-order valence-electron chi connectivity index (χ2n) is 7.49. The SMILES string of the molecule is COC(=O)CNC(=O)CN1CCN(S(=O)(=O)c2c(C)c(C)c(C)c(C)c2C)CC1. The molecule has 0 unspecified atom stereocenters. The average Bonchev–Trinajstić information content (AvgIpc) is 2.69. The number of rotatable bonds is 6. The van der Waals surface area contributed by atoms with Gasteiger partial charge in [0, 0.05) is 26.2 Å². The van der Waals surface area contributed by atoms with Crippen LogP contribution in [0.25, 0.3) is 0 Å². The Bertz CT molecular complexity index is 874. The van der Waals surface area contributed by atoms with Gasteiger partial charge in [0.2, 0.25) is 15.9 Å². The van der Waals surface area contributed by atoms with Crippen LogP contribution in [0.2, 0.25) is 0 Å². The summed E-state index contributed by atoms with van der Waals surface area (Å²) in [6, 6.07) is 0. The topological polar surface area (TPSA) is 96.0 Å². The molecule has 1 aromatic rings. The lowest BCUT2D eigenvalue weighted by molar-refractivity contribution is -0.141. The lowest BCUT2D eigenvalue weighted by Crippen LogP contribution is -2.51. The van der Waals surface area contributed by atoms with Crippen molar-refractivity contribution < 1.29 is 22.7 Å². The van der Waals surface area contributed by atoms with Gasteiger partial charge in [-0.3, -0.25) is 14.5 Å². The van der Waals surface area contributed by atoms with Crippen molar-refractivity contribution >= 4 is 21.9 Å². The zero-order valence-corrected chi connectivity index (χ0v) is 18.9. The highest BCUT2D eigenvalue weighted by atomic mass is 32.2. The van der Waals surface area contributed by atoms with Crippen LogP contribution in [0.3, 0.4) is 0 Å². The predicted octanol–water partition coefficient (Wildman–Crippen LogP) is 0.824. The Morgan fingerprint density at radius 1 is 0.897 bits per heavy atom. The summed E-state index contributed by atoms with van der Waals surface area (Å²) in [5.74, 6) is -0.799. The number of carbonyl (C=O) groups excluding carboxylic acids is 2. The van der Waals surface area contributed by atoms with Crippen molar-refractivity contribution in [1.82, 2.24) is 14.5 Å². The van der Waals surface area contributed by atoms with Gasteiger partial charge in [-0.15, -0.1) is 0 Å². The van der Waals surface area contributed by atoms with E-state index in [1.165, 1.54) is 11.4 Å². The molecule has 1 saturated heterocycles. The Hall–Kier alpha value is -1.97. The van der Waals surface area contributed by atoms with Gasteiger partial charge in [0.25, 0.3) is 0 Å². The number of methoxy groups -OCH3 is 1. The summed E-state index contributed by atoms with van der Waals surface area (Å²) < 4.78 is 32.7. The third-order valence-electron chi connectivity index (χ3n) is 5.89. The van der Waals surface area contributed by atoms with Crippen molar-refractivity contribution in [1.29, 1.82) is 0 Å². The molecule has 1 N–H and O–H groups in total. The molecular weight excluding hydrogens is 394 g/mol. The van der Waals surface area contributed by atoms with Gasteiger partial charge < -0.3 is 10.1 Å². The molecule has 0 atom stereocenters. The largest absolute Gasteiger partial charge is 0.468 e. The zero-order valence-electron chi connectivity index (χ0n) is 18.1. The van der Waals surface area contributed by atoms with Gasteiger partial charge in [0.15, 0.2) is 0 Å². The number of nitrogens with one attached hydrogen (secondary N) is 1. The van der Waals surface area contributed by atoms with Crippen molar-refractivity contribution in [3.05, 3.63) is 27.8 Å². The van der Waals surface area contributed by atoms with Gasteiger partial charge >= 0.3 is 5.97 Å². The number of esters is 1. The second-order valence-corrected chi connectivity index (χ2v) is 9.36. The van der Waals surface area contributed by atoms with Crippen LogP contribution in [-0.4, -0.2) is 75.9 Å². The summed E-state index contributed by atoms with van der Waals surface area (Å²) in [6.07, 6.45) is 0. The van der Waals surface area contributed by atoms with E-state index in [4.69, 9.17) is 0 Å². The molecule has 1 heterocycles. The fourth-order valence-electron chi connectivity index (χ4n) is 3.61. The van der Waals surface area contributed by atoms with E-state index in [2.05, 4.69) is 10.1 Å². The minimum atomic E-state index is -3.62. The van der Waals surface area contributed by atoms with Gasteiger partial charge in [-0.1, -0.05) is 0 Å². The summed E-state index contributed by atoms with van der Waals surface area (Å²) in [5, 5.41) is 2.49. The summed E-state index contributed by atoms with van der Waals surface area (Å²) in [6.45, 7) is 11.1. The highest BCUT2D eigenvalue weighted by Crippen LogP contribution is 2.31. The first-order valence-electron chi connectivity index (χ1n) is 9.63. The van der Waals surface area contributed by atoms with Crippen LogP contribution in [0.5, 0.6) is 0 Å². The van der Waals surface area contributed by atoms with Gasteiger partial charge in [-0.05, 0) is 62.4 Å². The van der Waals surface area contributed by atoms with E-state index >= 15 is 0 Å². The van der Waals surface area contributed by atoms with Crippen LogP contribution in [-0.2, 0) is 24.3 Å². The molecule has 0 bridgehead atoms. The van der Waals surface area contributed by atoms with Crippen molar-refractivity contribution in [3.63, 3.8) is 0 Å². The fourth-order valence-corrected chi connectivity index (χ4v) is 5.59. The van der Waals surface area contributed by atoms with Crippen molar-refractivity contribution in [2.45, 2.75) is 39.5 Å². The fraction of sp³-hybridized carbons (Fsp3) is 0.600. The molecule has 0 radical (unpaired) electrons. The van der Waals surface area contributed by atoms with Crippen LogP contribution in [0.1, 0.15) is 27.8 Å². The second kappa shape index (κ2) is 9.23. The number of benzene rings is 1. The van der Waals surface area contributed by atoms with E-state index in [1.54, 1.807) is 0 Å². The summed E-state index contributed by atoms with van der Waals surface area (Å²) in [7, 11) is -2.36. The van der Waals surface area contributed by atoms with Gasteiger partial charge in [-0.25, -0.2) is 8.42 Å². The molecule has 0 aromatic heterocycles. The Balaban J connectivity index is 2.08. The van der Waals surface area contributed by atoms with E-state index in [0.717, 1.165) is 27.8 Å². The zero-order chi connectivity index (χ0) is 21.9. The number of carbonyl (C=O) groups is 2. The Morgan fingerprint density at radius 3 is 1.86 bits per heavy atom. The molecular formula is C20H31N3O5S. The van der Waals surface area contributed by atoms with Crippen LogP contribution in [0, 0.1) is 34.6 Å². The van der Waals surface area contributed by atoms with Crippen LogP contribution < -0.4 is 5.32 Å². The van der Waals surface area contributed by atoms with E-state index in [1.807, 2.05) is 39.5 Å². The maximum atomic E-state index is 13.4. The monoisotopic (exact) mass is 425 g/mol. The van der Waals surface area contributed by atoms with Crippen molar-refractivity contribution in [2.75, 3.05) is 46.4 Å². The molecule has 8 nitrogen and oxygen atoms in total. The predicted molar refractivity (Wildman–Crippen MR) is 110 cm³/mol. The van der Waals surface area contributed by atoms with Gasteiger partial charge in [0.1, 0.15) is 6.54 Å². The molecule has 0 aliphatic carbocycles. The molecule has 1 fully saturated rings. The van der Waals surface area contributed by atoms with Crippen LogP contribution in [0.4, 0.5) is 0 Å². The summed E-state index contributed by atoms with van der Waals surface area (Å²) in [5.41, 5.74) is 4.74. The van der Waals surface area contributed by atoms with Crippen LogP contribution in [0.15, 0.2) is 4.90 Å². The molecule has 1 amide bonds. The lowest BCUT2D eigenvalue weighted by Gasteiger charge is -2.34. The summed E-state index contributed by atoms with van der Waals surface area (Å²) >= 11 is 0. The van der Waals surface area contributed by atoms with E-state index in [0.29, 0.717) is 31.1 Å². The number of ether oxygens (including phenoxy) is 1. The number of hydrogen-bond donors (Lipinski definition) is 1. The quantitative estimate of drug-likeness (QED) is 0.678. The van der Waals surface area contributed by atoms with Crippen molar-refractivity contribution in [3.8, 4) is 0 Å². The Morgan fingerprint density at radius 2 is 1.38 bits per heavy atom. The number of nitrogens with zero attached hydrogens (tertiary/aromatic N) is 2. The third-order valence-corrected chi connectivity index (χ3v) is 8.06. The number of hydrogen-bond acceptors (Lipinski definition) is 6. The Labute approximate surface area is 173 Å². The van der Waals surface area contributed by atoms with E-state index < -0.39 is 16.0 Å². The molecule has 162 valence electrons. The Kier molecular flexibility index (Phi) is 7.42. The minimum absolute atomic E-state index is 0.117. The molecule has 1 aromatic carbocycles. The number of piperazine rings is 1. The molecule has 1 aliphatic rings. The number of amides is 1. The first-order chi connectivity index (χ1) is 13.5. The highest BCUT2D eigenvalue weighted by Gasteiger charge is 2.32. The number of sulfonamides is 1.